The van der Waals surface area contributed by atoms with Crippen LogP contribution in [0.5, 0.6) is 0 Å². The summed E-state index contributed by atoms with van der Waals surface area (Å²) >= 11 is 4.16. The van der Waals surface area contributed by atoms with Crippen molar-refractivity contribution in [2.75, 3.05) is 18.1 Å². The lowest BCUT2D eigenvalue weighted by Gasteiger charge is -2.14. The van der Waals surface area contributed by atoms with Gasteiger partial charge in [-0.3, -0.25) is 0 Å². The molecule has 2 heterocycles. The second kappa shape index (κ2) is 3.37. The van der Waals surface area contributed by atoms with Crippen LogP contribution < -0.4 is 0 Å². The first-order chi connectivity index (χ1) is 4.97. The predicted octanol–water partition coefficient (Wildman–Crippen LogP) is 1.97. The van der Waals surface area contributed by atoms with Gasteiger partial charge in [-0.2, -0.15) is 0 Å². The van der Waals surface area contributed by atoms with Crippen molar-refractivity contribution in [2.45, 2.75) is 23.5 Å². The van der Waals surface area contributed by atoms with Crippen LogP contribution >= 0.6 is 23.5 Å². The Morgan fingerprint density at radius 1 is 1.20 bits per heavy atom. The van der Waals surface area contributed by atoms with Crippen molar-refractivity contribution < 1.29 is 4.74 Å². The van der Waals surface area contributed by atoms with Crippen LogP contribution in [-0.4, -0.2) is 28.8 Å². The first-order valence-electron chi connectivity index (χ1n) is 3.81. The third kappa shape index (κ3) is 1.46. The first-order valence-corrected chi connectivity index (χ1v) is 5.91. The van der Waals surface area contributed by atoms with Gasteiger partial charge in [0.15, 0.2) is 0 Å². The minimum atomic E-state index is 0.581. The van der Waals surface area contributed by atoms with E-state index in [1.807, 2.05) is 0 Å². The molecule has 1 unspecified atom stereocenters. The Kier molecular flexibility index (Phi) is 2.47. The SMILES string of the molecule is C1COC(C2SCCS2)C1. The average molecular weight is 176 g/mol. The van der Waals surface area contributed by atoms with E-state index in [9.17, 15) is 0 Å². The van der Waals surface area contributed by atoms with E-state index in [0.717, 1.165) is 11.2 Å². The van der Waals surface area contributed by atoms with Gasteiger partial charge in [0, 0.05) is 18.1 Å². The molecular weight excluding hydrogens is 164 g/mol. The fourth-order valence-electron chi connectivity index (χ4n) is 1.41. The van der Waals surface area contributed by atoms with Crippen LogP contribution in [0.25, 0.3) is 0 Å². The van der Waals surface area contributed by atoms with Gasteiger partial charge in [-0.05, 0) is 12.8 Å². The number of hydrogen-bond acceptors (Lipinski definition) is 3. The minimum absolute atomic E-state index is 0.581. The summed E-state index contributed by atoms with van der Waals surface area (Å²) in [6.45, 7) is 1.00. The summed E-state index contributed by atoms with van der Waals surface area (Å²) in [7, 11) is 0. The Labute approximate surface area is 70.3 Å². The zero-order valence-electron chi connectivity index (χ0n) is 5.91. The van der Waals surface area contributed by atoms with E-state index in [2.05, 4.69) is 23.5 Å². The molecule has 0 radical (unpaired) electrons. The van der Waals surface area contributed by atoms with E-state index in [1.165, 1.54) is 24.3 Å². The van der Waals surface area contributed by atoms with Gasteiger partial charge in [0.2, 0.25) is 0 Å². The molecule has 2 aliphatic heterocycles. The van der Waals surface area contributed by atoms with Crippen LogP contribution in [0.15, 0.2) is 0 Å². The quantitative estimate of drug-likeness (QED) is 0.604. The third-order valence-electron chi connectivity index (χ3n) is 1.92. The van der Waals surface area contributed by atoms with Crippen molar-refractivity contribution in [3.05, 3.63) is 0 Å². The molecule has 2 rings (SSSR count). The highest BCUT2D eigenvalue weighted by Gasteiger charge is 2.29. The number of rotatable bonds is 1. The van der Waals surface area contributed by atoms with Crippen molar-refractivity contribution >= 4 is 23.5 Å². The molecule has 0 bridgehead atoms. The first kappa shape index (κ1) is 7.32. The van der Waals surface area contributed by atoms with Crippen molar-refractivity contribution in [3.8, 4) is 0 Å². The molecule has 0 N–H and O–H groups in total. The lowest BCUT2D eigenvalue weighted by molar-refractivity contribution is 0.124. The second-order valence-corrected chi connectivity index (χ2v) is 5.46. The molecular formula is C7H12OS2. The van der Waals surface area contributed by atoms with Crippen LogP contribution in [0.3, 0.4) is 0 Å². The number of ether oxygens (including phenoxy) is 1. The summed E-state index contributed by atoms with van der Waals surface area (Å²) in [4.78, 5) is 0. The Morgan fingerprint density at radius 3 is 2.60 bits per heavy atom. The molecule has 10 heavy (non-hydrogen) atoms. The molecule has 0 amide bonds. The molecule has 3 heteroatoms. The normalized spacial score (nSPS) is 35.4. The van der Waals surface area contributed by atoms with E-state index in [-0.39, 0.29) is 0 Å². The average Bonchev–Trinajstić information content (AvgIpc) is 2.59. The molecule has 0 aromatic carbocycles. The monoisotopic (exact) mass is 176 g/mol. The van der Waals surface area contributed by atoms with Crippen LogP contribution in [0, 0.1) is 0 Å². The molecule has 0 spiro atoms. The molecule has 58 valence electrons. The minimum Gasteiger partial charge on any atom is -0.376 e. The van der Waals surface area contributed by atoms with Crippen molar-refractivity contribution in [2.24, 2.45) is 0 Å². The number of thioether (sulfide) groups is 2. The largest absolute Gasteiger partial charge is 0.376 e. The van der Waals surface area contributed by atoms with Gasteiger partial charge in [-0.1, -0.05) is 0 Å². The van der Waals surface area contributed by atoms with E-state index in [1.54, 1.807) is 0 Å². The molecule has 1 nitrogen and oxygen atoms in total. The molecule has 0 aliphatic carbocycles. The highest BCUT2D eigenvalue weighted by molar-refractivity contribution is 8.20. The maximum Gasteiger partial charge on any atom is 0.0785 e. The zero-order valence-corrected chi connectivity index (χ0v) is 7.55. The summed E-state index contributed by atoms with van der Waals surface area (Å²) in [6.07, 6.45) is 3.16. The molecule has 2 aliphatic rings. The van der Waals surface area contributed by atoms with Crippen molar-refractivity contribution in [1.29, 1.82) is 0 Å². The predicted molar refractivity (Wildman–Crippen MR) is 47.7 cm³/mol. The zero-order chi connectivity index (χ0) is 6.81. The smallest absolute Gasteiger partial charge is 0.0785 e. The Balaban J connectivity index is 1.85. The molecule has 0 saturated carbocycles. The highest BCUT2D eigenvalue weighted by Crippen LogP contribution is 2.38. The van der Waals surface area contributed by atoms with E-state index >= 15 is 0 Å². The summed E-state index contributed by atoms with van der Waals surface area (Å²) < 4.78 is 6.36. The summed E-state index contributed by atoms with van der Waals surface area (Å²) in [5.41, 5.74) is 0. The topological polar surface area (TPSA) is 9.23 Å². The van der Waals surface area contributed by atoms with Crippen LogP contribution in [-0.2, 0) is 4.74 Å². The van der Waals surface area contributed by atoms with Crippen LogP contribution in [0.4, 0.5) is 0 Å². The summed E-state index contributed by atoms with van der Waals surface area (Å²) in [5.74, 6) is 2.66. The molecule has 2 fully saturated rings. The van der Waals surface area contributed by atoms with Gasteiger partial charge >= 0.3 is 0 Å². The fraction of sp³-hybridized carbons (Fsp3) is 1.00. The van der Waals surface area contributed by atoms with Gasteiger partial charge < -0.3 is 4.74 Å². The lowest BCUT2D eigenvalue weighted by Crippen LogP contribution is -2.16. The third-order valence-corrected chi connectivity index (χ3v) is 5.13. The van der Waals surface area contributed by atoms with E-state index in [0.29, 0.717) is 6.10 Å². The lowest BCUT2D eigenvalue weighted by atomic mass is 10.3. The van der Waals surface area contributed by atoms with Crippen LogP contribution in [0.1, 0.15) is 12.8 Å². The summed E-state index contributed by atoms with van der Waals surface area (Å²) in [5, 5.41) is 0. The molecule has 1 atom stereocenters. The molecule has 2 saturated heterocycles. The maximum atomic E-state index is 5.60. The standard InChI is InChI=1S/C7H12OS2/c1-2-6(8-3-1)7-9-4-5-10-7/h6-7H,1-5H2. The van der Waals surface area contributed by atoms with Gasteiger partial charge in [0.05, 0.1) is 10.7 Å². The Hall–Kier alpha value is 0.660. The van der Waals surface area contributed by atoms with Crippen molar-refractivity contribution in [1.82, 2.24) is 0 Å². The van der Waals surface area contributed by atoms with E-state index < -0.39 is 0 Å². The fourth-order valence-corrected chi connectivity index (χ4v) is 4.46. The second-order valence-electron chi connectivity index (χ2n) is 2.66. The van der Waals surface area contributed by atoms with Crippen molar-refractivity contribution in [3.63, 3.8) is 0 Å². The molecule has 0 aromatic rings. The van der Waals surface area contributed by atoms with Crippen LogP contribution in [0.2, 0.25) is 0 Å². The van der Waals surface area contributed by atoms with E-state index in [4.69, 9.17) is 4.74 Å². The van der Waals surface area contributed by atoms with Gasteiger partial charge in [0.1, 0.15) is 0 Å². The Bertz CT molecular complexity index is 92.2. The maximum absolute atomic E-state index is 5.60. The van der Waals surface area contributed by atoms with Gasteiger partial charge in [-0.15, -0.1) is 23.5 Å². The molecule has 0 aromatic heterocycles. The number of hydrogen-bond donors (Lipinski definition) is 0. The Morgan fingerprint density at radius 2 is 2.00 bits per heavy atom. The summed E-state index contributed by atoms with van der Waals surface area (Å²) in [6, 6.07) is 0. The highest BCUT2D eigenvalue weighted by atomic mass is 32.2. The van der Waals surface area contributed by atoms with Gasteiger partial charge in [-0.25, -0.2) is 0 Å². The van der Waals surface area contributed by atoms with Gasteiger partial charge in [0.25, 0.3) is 0 Å².